The number of nitrogens with zero attached hydrogens (tertiary/aromatic N) is 1. The number of amides is 2. The molecule has 3 rings (SSSR count). The number of hydrogen-bond acceptors (Lipinski definition) is 2. The molecule has 0 aromatic heterocycles. The van der Waals surface area contributed by atoms with Crippen molar-refractivity contribution >= 4 is 6.03 Å². The van der Waals surface area contributed by atoms with Crippen molar-refractivity contribution in [1.82, 2.24) is 10.2 Å². The van der Waals surface area contributed by atoms with E-state index in [2.05, 4.69) is 48.6 Å². The minimum Gasteiger partial charge on any atom is -0.494 e. The molecule has 2 amide bonds. The lowest BCUT2D eigenvalue weighted by Gasteiger charge is -2.25. The Balaban J connectivity index is 1.56. The molecule has 0 bridgehead atoms. The molecule has 0 saturated carbocycles. The number of likely N-dealkylation sites (tertiary alicyclic amines) is 1. The number of carbonyl (C=O) groups excluding carboxylic acids is 1. The largest absolute Gasteiger partial charge is 0.494 e. The number of nitrogens with one attached hydrogen (secondary N) is 1. The summed E-state index contributed by atoms with van der Waals surface area (Å²) in [5.41, 5.74) is 3.69. The second-order valence-corrected chi connectivity index (χ2v) is 6.82. The summed E-state index contributed by atoms with van der Waals surface area (Å²) in [7, 11) is 0. The molecule has 1 N–H and O–H groups in total. The minimum absolute atomic E-state index is 0.0361. The van der Waals surface area contributed by atoms with Crippen LogP contribution in [0.2, 0.25) is 0 Å². The summed E-state index contributed by atoms with van der Waals surface area (Å²) in [5, 5.41) is 3.09. The summed E-state index contributed by atoms with van der Waals surface area (Å²) >= 11 is 0. The van der Waals surface area contributed by atoms with Crippen LogP contribution >= 0.6 is 0 Å². The number of benzene rings is 2. The highest BCUT2D eigenvalue weighted by molar-refractivity contribution is 5.75. The monoisotopic (exact) mass is 352 g/mol. The van der Waals surface area contributed by atoms with Crippen LogP contribution in [0.15, 0.2) is 48.5 Å². The van der Waals surface area contributed by atoms with E-state index in [0.717, 1.165) is 31.6 Å². The number of aryl methyl sites for hydroxylation is 1. The summed E-state index contributed by atoms with van der Waals surface area (Å²) in [5.74, 6) is 0.878. The van der Waals surface area contributed by atoms with Crippen LogP contribution in [0.5, 0.6) is 5.75 Å². The maximum Gasteiger partial charge on any atom is 0.317 e. The van der Waals surface area contributed by atoms with Gasteiger partial charge in [-0.05, 0) is 56.4 Å². The highest BCUT2D eigenvalue weighted by Gasteiger charge is 2.29. The zero-order valence-corrected chi connectivity index (χ0v) is 15.7. The molecule has 2 aromatic carbocycles. The van der Waals surface area contributed by atoms with E-state index in [4.69, 9.17) is 4.74 Å². The lowest BCUT2D eigenvalue weighted by molar-refractivity contribution is 0.193. The van der Waals surface area contributed by atoms with Gasteiger partial charge in [0.05, 0.1) is 12.6 Å². The molecule has 4 heteroatoms. The Bertz CT molecular complexity index is 727. The maximum atomic E-state index is 12.6. The Labute approximate surface area is 156 Å². The van der Waals surface area contributed by atoms with E-state index in [-0.39, 0.29) is 12.1 Å². The molecular weight excluding hydrogens is 324 g/mol. The lowest BCUT2D eigenvalue weighted by Crippen LogP contribution is -2.40. The van der Waals surface area contributed by atoms with Gasteiger partial charge in [0.25, 0.3) is 0 Å². The first-order valence-corrected chi connectivity index (χ1v) is 9.50. The molecule has 0 radical (unpaired) electrons. The molecule has 0 spiro atoms. The molecule has 1 fully saturated rings. The standard InChI is InChI=1S/C22H28N2O2/c1-3-26-20-11-9-19(10-12-20)21-8-5-15-24(21)22(25)23-14-13-18-7-4-6-17(2)16-18/h4,6-7,9-12,16,21H,3,5,8,13-15H2,1-2H3,(H,23,25). The number of hydrogen-bond donors (Lipinski definition) is 1. The molecule has 1 heterocycles. The predicted octanol–water partition coefficient (Wildman–Crippen LogP) is 4.48. The van der Waals surface area contributed by atoms with Crippen LogP contribution in [0.25, 0.3) is 0 Å². The summed E-state index contributed by atoms with van der Waals surface area (Å²) in [6.07, 6.45) is 2.91. The van der Waals surface area contributed by atoms with Gasteiger partial charge in [0.1, 0.15) is 5.75 Å². The Hall–Kier alpha value is -2.49. The first-order chi connectivity index (χ1) is 12.7. The van der Waals surface area contributed by atoms with Crippen LogP contribution in [-0.4, -0.2) is 30.6 Å². The first-order valence-electron chi connectivity index (χ1n) is 9.50. The van der Waals surface area contributed by atoms with Gasteiger partial charge in [0.15, 0.2) is 0 Å². The third-order valence-corrected chi connectivity index (χ3v) is 4.86. The summed E-state index contributed by atoms with van der Waals surface area (Å²) < 4.78 is 5.51. The fourth-order valence-corrected chi connectivity index (χ4v) is 3.59. The molecule has 1 aliphatic heterocycles. The predicted molar refractivity (Wildman–Crippen MR) is 105 cm³/mol. The second kappa shape index (κ2) is 8.75. The summed E-state index contributed by atoms with van der Waals surface area (Å²) in [6, 6.07) is 16.8. The molecule has 4 nitrogen and oxygen atoms in total. The molecule has 26 heavy (non-hydrogen) atoms. The Morgan fingerprint density at radius 2 is 2.04 bits per heavy atom. The Morgan fingerprint density at radius 3 is 2.77 bits per heavy atom. The van der Waals surface area contributed by atoms with Gasteiger partial charge in [-0.1, -0.05) is 42.0 Å². The number of urea groups is 1. The highest BCUT2D eigenvalue weighted by atomic mass is 16.5. The van der Waals surface area contributed by atoms with E-state index in [1.54, 1.807) is 0 Å². The van der Waals surface area contributed by atoms with Crippen molar-refractivity contribution in [3.63, 3.8) is 0 Å². The van der Waals surface area contributed by atoms with Crippen molar-refractivity contribution in [2.75, 3.05) is 19.7 Å². The van der Waals surface area contributed by atoms with Crippen molar-refractivity contribution < 1.29 is 9.53 Å². The van der Waals surface area contributed by atoms with Crippen molar-refractivity contribution in [2.45, 2.75) is 39.2 Å². The van der Waals surface area contributed by atoms with Gasteiger partial charge < -0.3 is 15.0 Å². The Morgan fingerprint density at radius 1 is 1.23 bits per heavy atom. The van der Waals surface area contributed by atoms with Gasteiger partial charge in [0.2, 0.25) is 0 Å². The first kappa shape index (κ1) is 18.3. The molecule has 1 unspecified atom stereocenters. The zero-order valence-electron chi connectivity index (χ0n) is 15.7. The third kappa shape index (κ3) is 4.57. The Kier molecular flexibility index (Phi) is 6.16. The van der Waals surface area contributed by atoms with Crippen LogP contribution in [0.1, 0.15) is 42.5 Å². The van der Waals surface area contributed by atoms with Gasteiger partial charge >= 0.3 is 6.03 Å². The van der Waals surface area contributed by atoms with Gasteiger partial charge in [-0.25, -0.2) is 4.79 Å². The smallest absolute Gasteiger partial charge is 0.317 e. The van der Waals surface area contributed by atoms with E-state index < -0.39 is 0 Å². The number of carbonyl (C=O) groups is 1. The lowest BCUT2D eigenvalue weighted by atomic mass is 10.0. The topological polar surface area (TPSA) is 41.6 Å². The van der Waals surface area contributed by atoms with Gasteiger partial charge in [-0.15, -0.1) is 0 Å². The molecule has 2 aromatic rings. The third-order valence-electron chi connectivity index (χ3n) is 4.86. The molecule has 1 atom stereocenters. The van der Waals surface area contributed by atoms with Crippen molar-refractivity contribution in [1.29, 1.82) is 0 Å². The fourth-order valence-electron chi connectivity index (χ4n) is 3.59. The van der Waals surface area contributed by atoms with Gasteiger partial charge in [-0.3, -0.25) is 0 Å². The zero-order chi connectivity index (χ0) is 18.4. The van der Waals surface area contributed by atoms with E-state index in [9.17, 15) is 4.79 Å². The molecular formula is C22H28N2O2. The minimum atomic E-state index is 0.0361. The van der Waals surface area contributed by atoms with Crippen LogP contribution in [-0.2, 0) is 6.42 Å². The molecule has 138 valence electrons. The normalized spacial score (nSPS) is 16.5. The van der Waals surface area contributed by atoms with E-state index in [1.807, 2.05) is 24.0 Å². The van der Waals surface area contributed by atoms with Crippen LogP contribution in [0, 0.1) is 6.92 Å². The average Bonchev–Trinajstić information content (AvgIpc) is 3.12. The van der Waals surface area contributed by atoms with Crippen molar-refractivity contribution in [2.24, 2.45) is 0 Å². The molecule has 0 aliphatic carbocycles. The van der Waals surface area contributed by atoms with Crippen LogP contribution < -0.4 is 10.1 Å². The summed E-state index contributed by atoms with van der Waals surface area (Å²) in [4.78, 5) is 14.6. The van der Waals surface area contributed by atoms with E-state index in [0.29, 0.717) is 13.2 Å². The average molecular weight is 352 g/mol. The number of ether oxygens (including phenoxy) is 1. The molecule has 1 aliphatic rings. The van der Waals surface area contributed by atoms with Crippen LogP contribution in [0.3, 0.4) is 0 Å². The van der Waals surface area contributed by atoms with E-state index in [1.165, 1.54) is 16.7 Å². The number of rotatable bonds is 6. The van der Waals surface area contributed by atoms with Gasteiger partial charge in [0, 0.05) is 13.1 Å². The van der Waals surface area contributed by atoms with Gasteiger partial charge in [-0.2, -0.15) is 0 Å². The van der Waals surface area contributed by atoms with Crippen LogP contribution in [0.4, 0.5) is 4.79 Å². The summed E-state index contributed by atoms with van der Waals surface area (Å²) in [6.45, 7) is 6.21. The second-order valence-electron chi connectivity index (χ2n) is 6.82. The maximum absolute atomic E-state index is 12.6. The van der Waals surface area contributed by atoms with Crippen molar-refractivity contribution in [3.8, 4) is 5.75 Å². The van der Waals surface area contributed by atoms with Crippen molar-refractivity contribution in [3.05, 3.63) is 65.2 Å². The van der Waals surface area contributed by atoms with E-state index >= 15 is 0 Å². The highest BCUT2D eigenvalue weighted by Crippen LogP contribution is 2.32. The quantitative estimate of drug-likeness (QED) is 0.833. The molecule has 1 saturated heterocycles. The fraction of sp³-hybridized carbons (Fsp3) is 0.409. The SMILES string of the molecule is CCOc1ccc(C2CCCN2C(=O)NCCc2cccc(C)c2)cc1.